The fraction of sp³-hybridized carbons (Fsp3) is 0.0370. The van der Waals surface area contributed by atoms with Crippen molar-refractivity contribution in [1.82, 2.24) is 4.57 Å². The van der Waals surface area contributed by atoms with E-state index >= 15 is 0 Å². The van der Waals surface area contributed by atoms with Crippen molar-refractivity contribution >= 4 is 45.0 Å². The molecule has 0 saturated heterocycles. The van der Waals surface area contributed by atoms with Crippen LogP contribution in [0.3, 0.4) is 0 Å². The standard InChI is InChI=1S/C27H19ClN2O3/c28-18-9-13-20(14-10-18)33-21-15-11-19(12-16-21)29-26(31)17-30-24-7-3-1-5-22(24)27(32)23-6-2-4-8-25(23)30/h1-16H,17H2,(H,29,31). The van der Waals surface area contributed by atoms with E-state index in [1.54, 1.807) is 60.7 Å². The van der Waals surface area contributed by atoms with Gasteiger partial charge in [0.15, 0.2) is 5.43 Å². The zero-order chi connectivity index (χ0) is 22.8. The number of carbonyl (C=O) groups is 1. The average Bonchev–Trinajstić information content (AvgIpc) is 2.84. The van der Waals surface area contributed by atoms with E-state index in [1.807, 2.05) is 41.0 Å². The average molecular weight is 455 g/mol. The summed E-state index contributed by atoms with van der Waals surface area (Å²) in [7, 11) is 0. The zero-order valence-electron chi connectivity index (χ0n) is 17.5. The van der Waals surface area contributed by atoms with Gasteiger partial charge in [-0.05, 0) is 72.8 Å². The monoisotopic (exact) mass is 454 g/mol. The Labute approximate surface area is 194 Å². The van der Waals surface area contributed by atoms with Gasteiger partial charge >= 0.3 is 0 Å². The summed E-state index contributed by atoms with van der Waals surface area (Å²) in [5, 5.41) is 4.75. The Kier molecular flexibility index (Phi) is 5.55. The Bertz CT molecular complexity index is 1460. The molecule has 1 aromatic heterocycles. The highest BCUT2D eigenvalue weighted by molar-refractivity contribution is 6.30. The van der Waals surface area contributed by atoms with Gasteiger partial charge in [-0.3, -0.25) is 9.59 Å². The van der Waals surface area contributed by atoms with Crippen LogP contribution in [0.1, 0.15) is 0 Å². The van der Waals surface area contributed by atoms with Crippen molar-refractivity contribution in [2.45, 2.75) is 6.54 Å². The van der Waals surface area contributed by atoms with Crippen molar-refractivity contribution in [1.29, 1.82) is 0 Å². The summed E-state index contributed by atoms with van der Waals surface area (Å²) in [6.07, 6.45) is 0. The van der Waals surface area contributed by atoms with Crippen LogP contribution in [0.15, 0.2) is 102 Å². The lowest BCUT2D eigenvalue weighted by molar-refractivity contribution is -0.116. The number of hydrogen-bond acceptors (Lipinski definition) is 3. The molecule has 0 saturated carbocycles. The van der Waals surface area contributed by atoms with Crippen LogP contribution >= 0.6 is 11.6 Å². The summed E-state index contributed by atoms with van der Waals surface area (Å²) in [6, 6.07) is 28.9. The third-order valence-corrected chi connectivity index (χ3v) is 5.62. The van der Waals surface area contributed by atoms with E-state index in [0.717, 1.165) is 11.0 Å². The molecule has 1 heterocycles. The summed E-state index contributed by atoms with van der Waals surface area (Å²) in [6.45, 7) is 0.0737. The van der Waals surface area contributed by atoms with Gasteiger partial charge in [0.2, 0.25) is 5.91 Å². The molecule has 5 rings (SSSR count). The van der Waals surface area contributed by atoms with E-state index in [1.165, 1.54) is 0 Å². The van der Waals surface area contributed by atoms with Gasteiger partial charge in [0.05, 0.1) is 11.0 Å². The number of pyridine rings is 1. The number of amides is 1. The number of nitrogens with one attached hydrogen (secondary N) is 1. The van der Waals surface area contributed by atoms with Gasteiger partial charge in [-0.25, -0.2) is 0 Å². The van der Waals surface area contributed by atoms with E-state index in [4.69, 9.17) is 16.3 Å². The SMILES string of the molecule is O=C(Cn1c2ccccc2c(=O)c2ccccc21)Nc1ccc(Oc2ccc(Cl)cc2)cc1. The first kappa shape index (κ1) is 20.8. The highest BCUT2D eigenvalue weighted by Crippen LogP contribution is 2.25. The lowest BCUT2D eigenvalue weighted by atomic mass is 10.1. The summed E-state index contributed by atoms with van der Waals surface area (Å²) < 4.78 is 7.67. The molecule has 162 valence electrons. The summed E-state index contributed by atoms with van der Waals surface area (Å²) in [4.78, 5) is 25.8. The molecule has 0 aliphatic rings. The van der Waals surface area contributed by atoms with Crippen molar-refractivity contribution in [2.75, 3.05) is 5.32 Å². The molecule has 0 bridgehead atoms. The molecule has 0 aliphatic carbocycles. The number of carbonyl (C=O) groups excluding carboxylic acids is 1. The Morgan fingerprint density at radius 3 is 1.85 bits per heavy atom. The number of fused-ring (bicyclic) bond motifs is 2. The van der Waals surface area contributed by atoms with Crippen molar-refractivity contribution in [3.8, 4) is 11.5 Å². The maximum atomic E-state index is 12.9. The molecule has 0 radical (unpaired) electrons. The van der Waals surface area contributed by atoms with Gasteiger partial charge in [-0.1, -0.05) is 35.9 Å². The highest BCUT2D eigenvalue weighted by atomic mass is 35.5. The Morgan fingerprint density at radius 1 is 0.758 bits per heavy atom. The van der Waals surface area contributed by atoms with Crippen molar-refractivity contribution in [2.24, 2.45) is 0 Å². The molecule has 1 N–H and O–H groups in total. The summed E-state index contributed by atoms with van der Waals surface area (Å²) >= 11 is 5.90. The molecule has 0 aliphatic heterocycles. The second-order valence-electron chi connectivity index (χ2n) is 7.58. The number of ether oxygens (including phenoxy) is 1. The second-order valence-corrected chi connectivity index (χ2v) is 8.01. The predicted molar refractivity (Wildman–Crippen MR) is 132 cm³/mol. The lowest BCUT2D eigenvalue weighted by Gasteiger charge is -2.15. The van der Waals surface area contributed by atoms with E-state index in [9.17, 15) is 9.59 Å². The number of anilines is 1. The minimum atomic E-state index is -0.194. The molecule has 0 atom stereocenters. The zero-order valence-corrected chi connectivity index (χ0v) is 18.3. The molecule has 33 heavy (non-hydrogen) atoms. The number of aromatic nitrogens is 1. The predicted octanol–water partition coefficient (Wildman–Crippen LogP) is 6.24. The van der Waals surface area contributed by atoms with Crippen LogP contribution in [-0.4, -0.2) is 10.5 Å². The van der Waals surface area contributed by atoms with Crippen LogP contribution in [0, 0.1) is 0 Å². The van der Waals surface area contributed by atoms with E-state index in [2.05, 4.69) is 5.32 Å². The maximum Gasteiger partial charge on any atom is 0.244 e. The van der Waals surface area contributed by atoms with Crippen molar-refractivity contribution < 1.29 is 9.53 Å². The number of rotatable bonds is 5. The van der Waals surface area contributed by atoms with E-state index in [-0.39, 0.29) is 17.9 Å². The van der Waals surface area contributed by atoms with Gasteiger partial charge in [0.25, 0.3) is 0 Å². The molecule has 0 spiro atoms. The first-order valence-corrected chi connectivity index (χ1v) is 10.8. The largest absolute Gasteiger partial charge is 0.457 e. The number of halogens is 1. The number of nitrogens with zero attached hydrogens (tertiary/aromatic N) is 1. The smallest absolute Gasteiger partial charge is 0.244 e. The molecule has 1 amide bonds. The Hall–Kier alpha value is -4.09. The number of hydrogen-bond donors (Lipinski definition) is 1. The Morgan fingerprint density at radius 2 is 1.27 bits per heavy atom. The van der Waals surface area contributed by atoms with Gasteiger partial charge < -0.3 is 14.6 Å². The minimum absolute atomic E-state index is 0.0332. The molecule has 0 fully saturated rings. The molecule has 0 unspecified atom stereocenters. The summed E-state index contributed by atoms with van der Waals surface area (Å²) in [5.74, 6) is 1.13. The van der Waals surface area contributed by atoms with Gasteiger partial charge in [0.1, 0.15) is 18.0 Å². The highest BCUT2D eigenvalue weighted by Gasteiger charge is 2.13. The lowest BCUT2D eigenvalue weighted by Crippen LogP contribution is -2.21. The minimum Gasteiger partial charge on any atom is -0.457 e. The quantitative estimate of drug-likeness (QED) is 0.320. The van der Waals surface area contributed by atoms with Crippen LogP contribution in [0.2, 0.25) is 5.02 Å². The molecule has 5 nitrogen and oxygen atoms in total. The van der Waals surface area contributed by atoms with Crippen LogP contribution < -0.4 is 15.5 Å². The normalized spacial score (nSPS) is 10.9. The maximum absolute atomic E-state index is 12.9. The Balaban J connectivity index is 1.37. The number of para-hydroxylation sites is 2. The molecular weight excluding hydrogens is 436 g/mol. The third-order valence-electron chi connectivity index (χ3n) is 5.37. The van der Waals surface area contributed by atoms with Crippen molar-refractivity contribution in [3.63, 3.8) is 0 Å². The van der Waals surface area contributed by atoms with E-state index in [0.29, 0.717) is 33.0 Å². The molecule has 4 aromatic carbocycles. The van der Waals surface area contributed by atoms with Crippen LogP contribution in [0.25, 0.3) is 21.8 Å². The second kappa shape index (κ2) is 8.81. The van der Waals surface area contributed by atoms with Crippen LogP contribution in [0.5, 0.6) is 11.5 Å². The first-order valence-electron chi connectivity index (χ1n) is 10.4. The summed E-state index contributed by atoms with van der Waals surface area (Å²) in [5.41, 5.74) is 2.07. The van der Waals surface area contributed by atoms with E-state index < -0.39 is 0 Å². The van der Waals surface area contributed by atoms with Crippen LogP contribution in [-0.2, 0) is 11.3 Å². The van der Waals surface area contributed by atoms with Gasteiger partial charge in [0, 0.05) is 21.5 Å². The molecule has 6 heteroatoms. The number of benzene rings is 4. The fourth-order valence-corrected chi connectivity index (χ4v) is 3.96. The van der Waals surface area contributed by atoms with Gasteiger partial charge in [-0.15, -0.1) is 0 Å². The first-order chi connectivity index (χ1) is 16.1. The topological polar surface area (TPSA) is 60.3 Å². The van der Waals surface area contributed by atoms with Gasteiger partial charge in [-0.2, -0.15) is 0 Å². The molecule has 5 aromatic rings. The fourth-order valence-electron chi connectivity index (χ4n) is 3.84. The third kappa shape index (κ3) is 4.31. The van der Waals surface area contributed by atoms with Crippen LogP contribution in [0.4, 0.5) is 5.69 Å². The van der Waals surface area contributed by atoms with Crippen molar-refractivity contribution in [3.05, 3.63) is 112 Å². The molecular formula is C27H19ClN2O3.